The lowest BCUT2D eigenvalue weighted by atomic mass is 10.2. The van der Waals surface area contributed by atoms with E-state index in [0.29, 0.717) is 0 Å². The molecular weight excluding hydrogens is 126 g/mol. The van der Waals surface area contributed by atoms with Gasteiger partial charge in [-0.05, 0) is 30.7 Å². The molecule has 1 heterocycles. The maximum atomic E-state index is 8.65. The number of aromatic nitrogens is 1. The fourth-order valence-corrected chi connectivity index (χ4v) is 0.745. The number of aliphatic hydroxyl groups excluding tert-OH is 1. The van der Waals surface area contributed by atoms with E-state index in [1.54, 1.807) is 0 Å². The number of rotatable bonds is 2. The van der Waals surface area contributed by atoms with Crippen molar-refractivity contribution in [2.45, 2.75) is 6.92 Å². The highest BCUT2D eigenvalue weighted by Gasteiger charge is 1.87. The number of H-pyrrole nitrogens is 1. The molecule has 1 rings (SSSR count). The van der Waals surface area contributed by atoms with E-state index in [4.69, 9.17) is 5.11 Å². The van der Waals surface area contributed by atoms with Crippen LogP contribution in [0.4, 0.5) is 0 Å². The van der Waals surface area contributed by atoms with Crippen molar-refractivity contribution in [1.82, 2.24) is 4.98 Å². The molecule has 0 unspecified atom stereocenters. The number of aliphatic hydroxyl groups is 1. The highest BCUT2D eigenvalue weighted by atomic mass is 16.3. The predicted octanol–water partition coefficient (Wildman–Crippen LogP) is 1.41. The minimum atomic E-state index is 0.124. The summed E-state index contributed by atoms with van der Waals surface area (Å²) in [6.45, 7) is 2.01. The highest BCUT2D eigenvalue weighted by molar-refractivity contribution is 5.48. The van der Waals surface area contributed by atoms with Crippen LogP contribution in [0.3, 0.4) is 0 Å². The first kappa shape index (κ1) is 7.09. The summed E-state index contributed by atoms with van der Waals surface area (Å²) in [6.07, 6.45) is 3.77. The third-order valence-electron chi connectivity index (χ3n) is 1.27. The second-order valence-electron chi connectivity index (χ2n) is 2.27. The molecule has 0 saturated heterocycles. The van der Waals surface area contributed by atoms with E-state index in [9.17, 15) is 0 Å². The Bertz CT molecular complexity index is 211. The Morgan fingerprint density at radius 2 is 2.60 bits per heavy atom. The molecule has 0 saturated carbocycles. The van der Waals surface area contributed by atoms with Crippen LogP contribution in [-0.2, 0) is 0 Å². The van der Waals surface area contributed by atoms with Crippen molar-refractivity contribution < 1.29 is 5.11 Å². The zero-order valence-corrected chi connectivity index (χ0v) is 5.96. The van der Waals surface area contributed by atoms with Crippen molar-refractivity contribution >= 4 is 6.08 Å². The lowest BCUT2D eigenvalue weighted by Crippen LogP contribution is -1.82. The summed E-state index contributed by atoms with van der Waals surface area (Å²) >= 11 is 0. The predicted molar refractivity (Wildman–Crippen MR) is 41.5 cm³/mol. The highest BCUT2D eigenvalue weighted by Crippen LogP contribution is 2.01. The fraction of sp³-hybridized carbons (Fsp3) is 0.250. The molecule has 0 fully saturated rings. The Morgan fingerprint density at radius 1 is 1.80 bits per heavy atom. The second kappa shape index (κ2) is 3.22. The second-order valence-corrected chi connectivity index (χ2v) is 2.27. The van der Waals surface area contributed by atoms with Crippen molar-refractivity contribution in [3.05, 3.63) is 29.6 Å². The summed E-state index contributed by atoms with van der Waals surface area (Å²) in [4.78, 5) is 3.01. The molecule has 0 bridgehead atoms. The molecule has 0 aliphatic rings. The molecule has 0 spiro atoms. The van der Waals surface area contributed by atoms with Gasteiger partial charge in [0.25, 0.3) is 0 Å². The summed E-state index contributed by atoms with van der Waals surface area (Å²) in [7, 11) is 0. The Labute approximate surface area is 60.2 Å². The molecule has 10 heavy (non-hydrogen) atoms. The average molecular weight is 137 g/mol. The Morgan fingerprint density at radius 3 is 3.10 bits per heavy atom. The van der Waals surface area contributed by atoms with E-state index in [1.165, 1.54) is 0 Å². The van der Waals surface area contributed by atoms with Gasteiger partial charge >= 0.3 is 0 Å². The summed E-state index contributed by atoms with van der Waals surface area (Å²) < 4.78 is 0. The van der Waals surface area contributed by atoms with E-state index < -0.39 is 0 Å². The van der Waals surface area contributed by atoms with Crippen LogP contribution in [0.25, 0.3) is 6.08 Å². The Balaban J connectivity index is 2.71. The van der Waals surface area contributed by atoms with Crippen LogP contribution in [0.15, 0.2) is 23.9 Å². The smallest absolute Gasteiger partial charge is 0.0642 e. The number of hydrogen-bond donors (Lipinski definition) is 2. The van der Waals surface area contributed by atoms with Gasteiger partial charge < -0.3 is 10.1 Å². The largest absolute Gasteiger partial charge is 0.392 e. The Kier molecular flexibility index (Phi) is 2.29. The topological polar surface area (TPSA) is 36.0 Å². The van der Waals surface area contributed by atoms with Gasteiger partial charge in [-0.2, -0.15) is 0 Å². The third kappa shape index (κ3) is 1.74. The molecule has 0 amide bonds. The van der Waals surface area contributed by atoms with Gasteiger partial charge in [0.2, 0.25) is 0 Å². The summed E-state index contributed by atoms with van der Waals surface area (Å²) in [5.74, 6) is 0. The van der Waals surface area contributed by atoms with Crippen LogP contribution in [0.2, 0.25) is 0 Å². The van der Waals surface area contributed by atoms with Crippen molar-refractivity contribution in [3.63, 3.8) is 0 Å². The maximum absolute atomic E-state index is 8.65. The average Bonchev–Trinajstić information content (AvgIpc) is 2.40. The first-order chi connectivity index (χ1) is 4.83. The quantitative estimate of drug-likeness (QED) is 0.635. The molecule has 0 aliphatic carbocycles. The standard InChI is InChI=1S/C8H11NO/c1-7(6-10)5-8-3-2-4-9-8/h2-5,9-10H,6H2,1H3/b7-5+. The van der Waals surface area contributed by atoms with Crippen molar-refractivity contribution in [3.8, 4) is 0 Å². The van der Waals surface area contributed by atoms with Gasteiger partial charge in [-0.3, -0.25) is 0 Å². The monoisotopic (exact) mass is 137 g/mol. The molecule has 2 nitrogen and oxygen atoms in total. The molecule has 0 aromatic carbocycles. The maximum Gasteiger partial charge on any atom is 0.0642 e. The van der Waals surface area contributed by atoms with Gasteiger partial charge in [0, 0.05) is 11.9 Å². The summed E-state index contributed by atoms with van der Waals surface area (Å²) in [5, 5.41) is 8.65. The fourth-order valence-electron chi connectivity index (χ4n) is 0.745. The first-order valence-electron chi connectivity index (χ1n) is 3.24. The lowest BCUT2D eigenvalue weighted by Gasteiger charge is -1.91. The van der Waals surface area contributed by atoms with Crippen molar-refractivity contribution in [2.24, 2.45) is 0 Å². The van der Waals surface area contributed by atoms with Gasteiger partial charge in [0.05, 0.1) is 6.61 Å². The number of aromatic amines is 1. The van der Waals surface area contributed by atoms with Crippen molar-refractivity contribution in [2.75, 3.05) is 6.61 Å². The molecule has 0 aliphatic heterocycles. The third-order valence-corrected chi connectivity index (χ3v) is 1.27. The minimum absolute atomic E-state index is 0.124. The minimum Gasteiger partial charge on any atom is -0.392 e. The van der Waals surface area contributed by atoms with Gasteiger partial charge in [0.15, 0.2) is 0 Å². The molecule has 0 atom stereocenters. The molecule has 1 aromatic heterocycles. The van der Waals surface area contributed by atoms with Crippen molar-refractivity contribution in [1.29, 1.82) is 0 Å². The van der Waals surface area contributed by atoms with Crippen LogP contribution in [0.5, 0.6) is 0 Å². The molecule has 54 valence electrons. The van der Waals surface area contributed by atoms with Crippen LogP contribution in [-0.4, -0.2) is 16.7 Å². The van der Waals surface area contributed by atoms with E-state index in [0.717, 1.165) is 11.3 Å². The summed E-state index contributed by atoms with van der Waals surface area (Å²) in [6, 6.07) is 3.88. The Hall–Kier alpha value is -1.02. The molecule has 2 heteroatoms. The first-order valence-corrected chi connectivity index (χ1v) is 3.24. The van der Waals surface area contributed by atoms with Crippen LogP contribution < -0.4 is 0 Å². The number of hydrogen-bond acceptors (Lipinski definition) is 1. The summed E-state index contributed by atoms with van der Waals surface area (Å²) in [5.41, 5.74) is 1.99. The molecule has 0 radical (unpaired) electrons. The van der Waals surface area contributed by atoms with Gasteiger partial charge in [-0.1, -0.05) is 0 Å². The van der Waals surface area contributed by atoms with Gasteiger partial charge in [-0.15, -0.1) is 0 Å². The van der Waals surface area contributed by atoms with Gasteiger partial charge in [0.1, 0.15) is 0 Å². The van der Waals surface area contributed by atoms with Gasteiger partial charge in [-0.25, -0.2) is 0 Å². The molecule has 2 N–H and O–H groups in total. The lowest BCUT2D eigenvalue weighted by molar-refractivity contribution is 0.332. The number of nitrogens with one attached hydrogen (secondary N) is 1. The van der Waals surface area contributed by atoms with E-state index in [-0.39, 0.29) is 6.61 Å². The van der Waals surface area contributed by atoms with E-state index in [1.807, 2.05) is 31.3 Å². The SMILES string of the molecule is C/C(=C\c1ccc[nH]1)CO. The van der Waals surface area contributed by atoms with Crippen LogP contribution >= 0.6 is 0 Å². The normalized spacial score (nSPS) is 12.0. The van der Waals surface area contributed by atoms with Crippen LogP contribution in [0.1, 0.15) is 12.6 Å². The van der Waals surface area contributed by atoms with E-state index in [2.05, 4.69) is 4.98 Å². The van der Waals surface area contributed by atoms with Crippen LogP contribution in [0, 0.1) is 0 Å². The molecule has 1 aromatic rings. The zero-order chi connectivity index (χ0) is 7.40. The van der Waals surface area contributed by atoms with E-state index >= 15 is 0 Å². The zero-order valence-electron chi connectivity index (χ0n) is 5.96. The molecular formula is C8H11NO.